The van der Waals surface area contributed by atoms with E-state index in [0.717, 1.165) is 22.2 Å². The summed E-state index contributed by atoms with van der Waals surface area (Å²) in [7, 11) is -1.86. The van der Waals surface area contributed by atoms with Crippen LogP contribution in [0.4, 0.5) is 5.69 Å². The molecule has 4 aromatic rings. The Morgan fingerprint density at radius 3 is 2.50 bits per heavy atom. The summed E-state index contributed by atoms with van der Waals surface area (Å²) in [6, 6.07) is 19.0. The van der Waals surface area contributed by atoms with E-state index in [1.807, 2.05) is 30.7 Å². The number of amides is 1. The predicted octanol–water partition coefficient (Wildman–Crippen LogP) is 4.65. The van der Waals surface area contributed by atoms with E-state index in [1.54, 1.807) is 42.5 Å². The molecule has 1 heterocycles. The summed E-state index contributed by atoms with van der Waals surface area (Å²) in [5.41, 5.74) is 3.86. The molecule has 1 amide bonds. The maximum absolute atomic E-state index is 12.9. The Balaban J connectivity index is 1.65. The maximum Gasteiger partial charge on any atom is 0.279 e. The fourth-order valence-electron chi connectivity index (χ4n) is 3.48. The van der Waals surface area contributed by atoms with Crippen molar-refractivity contribution in [2.24, 2.45) is 12.0 Å². The first-order chi connectivity index (χ1) is 15.3. The molecule has 0 spiro atoms. The minimum Gasteiger partial charge on any atom is -0.319 e. The van der Waals surface area contributed by atoms with E-state index in [4.69, 9.17) is 0 Å². The summed E-state index contributed by atoms with van der Waals surface area (Å²) >= 11 is 1.45. The van der Waals surface area contributed by atoms with Gasteiger partial charge in [0, 0.05) is 18.3 Å². The summed E-state index contributed by atoms with van der Waals surface area (Å²) in [5.74, 6) is -0.429. The Labute approximate surface area is 190 Å². The van der Waals surface area contributed by atoms with Gasteiger partial charge in [-0.2, -0.15) is 4.99 Å². The lowest BCUT2D eigenvalue weighted by molar-refractivity contribution is 0.0998. The van der Waals surface area contributed by atoms with Crippen molar-refractivity contribution in [1.82, 2.24) is 4.57 Å². The van der Waals surface area contributed by atoms with Gasteiger partial charge in [0.25, 0.3) is 15.9 Å². The van der Waals surface area contributed by atoms with Crippen molar-refractivity contribution < 1.29 is 13.2 Å². The first kappa shape index (κ1) is 22.0. The van der Waals surface area contributed by atoms with Crippen LogP contribution in [0.1, 0.15) is 28.4 Å². The maximum atomic E-state index is 12.9. The highest BCUT2D eigenvalue weighted by Gasteiger charge is 2.15. The minimum atomic E-state index is -3.76. The van der Waals surface area contributed by atoms with Gasteiger partial charge in [-0.25, -0.2) is 8.42 Å². The van der Waals surface area contributed by atoms with Crippen LogP contribution in [0.2, 0.25) is 0 Å². The topological polar surface area (TPSA) is 80.5 Å². The number of aryl methyl sites for hydroxylation is 3. The molecule has 6 nitrogen and oxygen atoms in total. The Morgan fingerprint density at radius 1 is 1.06 bits per heavy atom. The van der Waals surface area contributed by atoms with E-state index in [2.05, 4.69) is 22.7 Å². The summed E-state index contributed by atoms with van der Waals surface area (Å²) < 4.78 is 30.9. The molecule has 0 fully saturated rings. The number of carbonyl (C=O) groups is 1. The highest BCUT2D eigenvalue weighted by molar-refractivity contribution is 7.92. The molecule has 4 rings (SSSR count). The van der Waals surface area contributed by atoms with E-state index < -0.39 is 15.9 Å². The molecule has 164 valence electrons. The number of aromatic nitrogens is 1. The molecule has 3 aromatic carbocycles. The van der Waals surface area contributed by atoms with E-state index in [1.165, 1.54) is 23.0 Å². The lowest BCUT2D eigenvalue weighted by Crippen LogP contribution is -2.15. The molecule has 0 unspecified atom stereocenters. The van der Waals surface area contributed by atoms with E-state index >= 15 is 0 Å². The zero-order chi connectivity index (χ0) is 22.9. The number of benzene rings is 3. The average molecular weight is 466 g/mol. The second-order valence-corrected chi connectivity index (χ2v) is 10.2. The highest BCUT2D eigenvalue weighted by atomic mass is 32.2. The van der Waals surface area contributed by atoms with Gasteiger partial charge < -0.3 is 4.57 Å². The lowest BCUT2D eigenvalue weighted by atomic mass is 10.1. The average Bonchev–Trinajstić information content (AvgIpc) is 3.09. The fourth-order valence-corrected chi connectivity index (χ4v) is 5.59. The molecular formula is C24H23N3O3S2. The number of para-hydroxylation sites is 1. The van der Waals surface area contributed by atoms with Gasteiger partial charge in [0.1, 0.15) is 0 Å². The van der Waals surface area contributed by atoms with Crippen molar-refractivity contribution in [3.63, 3.8) is 0 Å². The molecule has 0 atom stereocenters. The molecule has 0 radical (unpaired) electrons. The standard InChI is InChI=1S/C24H23N3O3S2/c1-4-17-7-6-10-21-22(17)27(3)24(31-21)25-23(28)18-8-5-9-19(15-18)26-32(29,30)20-13-11-16(2)12-14-20/h5-15,26H,4H2,1-3H3. The monoisotopic (exact) mass is 465 g/mol. The molecule has 0 aliphatic carbocycles. The Bertz CT molecular complexity index is 1480. The van der Waals surface area contributed by atoms with Crippen LogP contribution < -0.4 is 9.52 Å². The van der Waals surface area contributed by atoms with Gasteiger partial charge in [-0.1, -0.05) is 54.2 Å². The normalized spacial score (nSPS) is 12.3. The largest absolute Gasteiger partial charge is 0.319 e. The molecule has 8 heteroatoms. The van der Waals surface area contributed by atoms with Gasteiger partial charge in [0.2, 0.25) is 0 Å². The number of anilines is 1. The summed E-state index contributed by atoms with van der Waals surface area (Å²) in [4.78, 5) is 17.9. The number of hydrogen-bond donors (Lipinski definition) is 1. The number of rotatable bonds is 5. The van der Waals surface area contributed by atoms with Gasteiger partial charge in [0.05, 0.1) is 15.1 Å². The second kappa shape index (κ2) is 8.72. The summed E-state index contributed by atoms with van der Waals surface area (Å²) in [6.45, 7) is 3.99. The zero-order valence-electron chi connectivity index (χ0n) is 18.0. The zero-order valence-corrected chi connectivity index (χ0v) is 19.6. The first-order valence-electron chi connectivity index (χ1n) is 10.1. The Hall–Kier alpha value is -3.23. The van der Waals surface area contributed by atoms with Gasteiger partial charge in [-0.15, -0.1) is 0 Å². The minimum absolute atomic E-state index is 0.161. The molecule has 0 saturated carbocycles. The molecule has 0 aliphatic rings. The highest BCUT2D eigenvalue weighted by Crippen LogP contribution is 2.22. The van der Waals surface area contributed by atoms with Crippen molar-refractivity contribution >= 4 is 43.2 Å². The van der Waals surface area contributed by atoms with Crippen LogP contribution in [0.15, 0.2) is 76.6 Å². The summed E-state index contributed by atoms with van der Waals surface area (Å²) in [6.07, 6.45) is 0.887. The summed E-state index contributed by atoms with van der Waals surface area (Å²) in [5, 5.41) is 0. The molecule has 1 N–H and O–H groups in total. The number of sulfonamides is 1. The van der Waals surface area contributed by atoms with Crippen molar-refractivity contribution in [2.45, 2.75) is 25.2 Å². The van der Waals surface area contributed by atoms with Gasteiger partial charge in [0.15, 0.2) is 4.80 Å². The van der Waals surface area contributed by atoms with Crippen LogP contribution in [0, 0.1) is 6.92 Å². The van der Waals surface area contributed by atoms with Crippen molar-refractivity contribution in [2.75, 3.05) is 4.72 Å². The number of nitrogens with zero attached hydrogens (tertiary/aromatic N) is 2. The van der Waals surface area contributed by atoms with E-state index in [-0.39, 0.29) is 4.90 Å². The van der Waals surface area contributed by atoms with Crippen molar-refractivity contribution in [3.8, 4) is 0 Å². The third-order valence-corrected chi connectivity index (χ3v) is 7.67. The van der Waals surface area contributed by atoms with Gasteiger partial charge in [-0.3, -0.25) is 9.52 Å². The van der Waals surface area contributed by atoms with Crippen LogP contribution in [-0.4, -0.2) is 18.9 Å². The third kappa shape index (κ3) is 4.37. The number of fused-ring (bicyclic) bond motifs is 1. The quantitative estimate of drug-likeness (QED) is 0.466. The van der Waals surface area contributed by atoms with Crippen LogP contribution >= 0.6 is 11.3 Å². The number of thiazole rings is 1. The molecular weight excluding hydrogens is 442 g/mol. The predicted molar refractivity (Wildman–Crippen MR) is 128 cm³/mol. The molecule has 1 aromatic heterocycles. The fraction of sp³-hybridized carbons (Fsp3) is 0.167. The van der Waals surface area contributed by atoms with Gasteiger partial charge >= 0.3 is 0 Å². The van der Waals surface area contributed by atoms with E-state index in [0.29, 0.717) is 16.1 Å². The van der Waals surface area contributed by atoms with Crippen LogP contribution in [0.25, 0.3) is 10.2 Å². The molecule has 0 saturated heterocycles. The lowest BCUT2D eigenvalue weighted by Gasteiger charge is -2.09. The smallest absolute Gasteiger partial charge is 0.279 e. The second-order valence-electron chi connectivity index (χ2n) is 7.48. The van der Waals surface area contributed by atoms with E-state index in [9.17, 15) is 13.2 Å². The molecule has 32 heavy (non-hydrogen) atoms. The van der Waals surface area contributed by atoms with Gasteiger partial charge in [-0.05, 0) is 55.3 Å². The Kier molecular flexibility index (Phi) is 5.99. The van der Waals surface area contributed by atoms with Crippen LogP contribution in [0.5, 0.6) is 0 Å². The van der Waals surface area contributed by atoms with Crippen molar-refractivity contribution in [3.05, 3.63) is 88.2 Å². The number of carbonyl (C=O) groups excluding carboxylic acids is 1. The van der Waals surface area contributed by atoms with Crippen molar-refractivity contribution in [1.29, 1.82) is 0 Å². The number of hydrogen-bond acceptors (Lipinski definition) is 4. The molecule has 0 bridgehead atoms. The Morgan fingerprint density at radius 2 is 1.78 bits per heavy atom. The molecule has 0 aliphatic heterocycles. The first-order valence-corrected chi connectivity index (χ1v) is 12.4. The SMILES string of the molecule is CCc1cccc2sc(=NC(=O)c3cccc(NS(=O)(=O)c4ccc(C)cc4)c3)n(C)c12. The van der Waals surface area contributed by atoms with Crippen LogP contribution in [-0.2, 0) is 23.5 Å². The number of nitrogens with one attached hydrogen (secondary N) is 1. The third-order valence-electron chi connectivity index (χ3n) is 5.18. The van der Waals surface area contributed by atoms with Crippen LogP contribution in [0.3, 0.4) is 0 Å².